The number of aromatic nitrogens is 1. The summed E-state index contributed by atoms with van der Waals surface area (Å²) in [5, 5.41) is 5.35. The second-order valence-electron chi connectivity index (χ2n) is 5.08. The number of aryl methyl sites for hydroxylation is 1. The molecule has 0 aliphatic rings. The van der Waals surface area contributed by atoms with Crippen molar-refractivity contribution in [3.8, 4) is 0 Å². The number of rotatable bonds is 4. The van der Waals surface area contributed by atoms with Crippen LogP contribution >= 0.6 is 15.9 Å². The highest BCUT2D eigenvalue weighted by molar-refractivity contribution is 9.10. The first-order chi connectivity index (χ1) is 10.8. The van der Waals surface area contributed by atoms with E-state index in [-0.39, 0.29) is 23.9 Å². The molecule has 1 aromatic carbocycles. The largest absolute Gasteiger partial charge is 0.326 e. The first kappa shape index (κ1) is 17.0. The molecule has 0 aliphatic carbocycles. The highest BCUT2D eigenvalue weighted by Gasteiger charge is 2.08. The predicted octanol–water partition coefficient (Wildman–Crippen LogP) is 2.52. The van der Waals surface area contributed by atoms with Crippen LogP contribution in [-0.2, 0) is 16.1 Å². The molecule has 0 atom stereocenters. The minimum atomic E-state index is -0.308. The molecular weight excluding hydrogens is 362 g/mol. The minimum Gasteiger partial charge on any atom is -0.326 e. The van der Waals surface area contributed by atoms with Gasteiger partial charge in [0.1, 0.15) is 6.54 Å². The van der Waals surface area contributed by atoms with Crippen LogP contribution in [0.5, 0.6) is 0 Å². The third kappa shape index (κ3) is 4.79. The quantitative estimate of drug-likeness (QED) is 0.858. The normalized spacial score (nSPS) is 10.2. The molecule has 0 unspecified atom stereocenters. The Morgan fingerprint density at radius 1 is 1.13 bits per heavy atom. The average Bonchev–Trinajstić information content (AvgIpc) is 2.45. The maximum absolute atomic E-state index is 12.1. The molecule has 0 saturated heterocycles. The zero-order valence-corrected chi connectivity index (χ0v) is 14.3. The number of amides is 2. The van der Waals surface area contributed by atoms with E-state index in [1.165, 1.54) is 11.5 Å². The highest BCUT2D eigenvalue weighted by Crippen LogP contribution is 2.14. The Hall–Kier alpha value is -2.41. The van der Waals surface area contributed by atoms with Crippen molar-refractivity contribution in [3.63, 3.8) is 0 Å². The molecule has 6 nitrogen and oxygen atoms in total. The fourth-order valence-electron chi connectivity index (χ4n) is 2.05. The van der Waals surface area contributed by atoms with Gasteiger partial charge in [-0.05, 0) is 53.2 Å². The standard InChI is InChI=1S/C16H16BrN3O3/c1-10-7-12(17)8-20(16(10)23)9-15(22)19-14-5-3-13(4-6-14)18-11(2)21/h3-8H,9H2,1-2H3,(H,18,21)(H,19,22). The zero-order valence-electron chi connectivity index (χ0n) is 12.7. The molecule has 2 amide bonds. The van der Waals surface area contributed by atoms with Gasteiger partial charge in [-0.3, -0.25) is 14.4 Å². The fraction of sp³-hybridized carbons (Fsp3) is 0.188. The summed E-state index contributed by atoms with van der Waals surface area (Å²) >= 11 is 3.31. The van der Waals surface area contributed by atoms with Crippen LogP contribution in [0.15, 0.2) is 45.8 Å². The van der Waals surface area contributed by atoms with Crippen LogP contribution in [0.3, 0.4) is 0 Å². The maximum Gasteiger partial charge on any atom is 0.253 e. The van der Waals surface area contributed by atoms with E-state index in [1.807, 2.05) is 0 Å². The van der Waals surface area contributed by atoms with Crippen LogP contribution in [0.25, 0.3) is 0 Å². The van der Waals surface area contributed by atoms with Crippen LogP contribution in [0.1, 0.15) is 12.5 Å². The number of carbonyl (C=O) groups is 2. The van der Waals surface area contributed by atoms with Crippen molar-refractivity contribution in [3.05, 3.63) is 56.9 Å². The lowest BCUT2D eigenvalue weighted by atomic mass is 10.2. The number of pyridine rings is 1. The van der Waals surface area contributed by atoms with E-state index in [9.17, 15) is 14.4 Å². The van der Waals surface area contributed by atoms with Gasteiger partial charge in [-0.15, -0.1) is 0 Å². The summed E-state index contributed by atoms with van der Waals surface area (Å²) in [6.45, 7) is 3.04. The topological polar surface area (TPSA) is 80.2 Å². The number of hydrogen-bond donors (Lipinski definition) is 2. The van der Waals surface area contributed by atoms with Gasteiger partial charge in [0, 0.05) is 34.5 Å². The smallest absolute Gasteiger partial charge is 0.253 e. The van der Waals surface area contributed by atoms with Gasteiger partial charge in [-0.1, -0.05) is 0 Å². The minimum absolute atomic E-state index is 0.0768. The van der Waals surface area contributed by atoms with Gasteiger partial charge < -0.3 is 15.2 Å². The van der Waals surface area contributed by atoms with Gasteiger partial charge in [0.25, 0.3) is 5.56 Å². The number of anilines is 2. The van der Waals surface area contributed by atoms with E-state index in [0.29, 0.717) is 16.9 Å². The molecule has 1 heterocycles. The Balaban J connectivity index is 2.05. The molecule has 0 fully saturated rings. The predicted molar refractivity (Wildman–Crippen MR) is 92.5 cm³/mol. The summed E-state index contributed by atoms with van der Waals surface area (Å²) in [6.07, 6.45) is 1.58. The zero-order chi connectivity index (χ0) is 17.0. The van der Waals surface area contributed by atoms with E-state index >= 15 is 0 Å². The Labute approximate surface area is 141 Å². The van der Waals surface area contributed by atoms with Crippen molar-refractivity contribution in [2.45, 2.75) is 20.4 Å². The first-order valence-electron chi connectivity index (χ1n) is 6.89. The molecule has 23 heavy (non-hydrogen) atoms. The van der Waals surface area contributed by atoms with Gasteiger partial charge in [-0.25, -0.2) is 0 Å². The molecule has 0 spiro atoms. The number of carbonyl (C=O) groups excluding carboxylic acids is 2. The molecule has 2 aromatic rings. The van der Waals surface area contributed by atoms with Gasteiger partial charge in [0.15, 0.2) is 0 Å². The van der Waals surface area contributed by atoms with Gasteiger partial charge in [0.05, 0.1) is 0 Å². The molecule has 0 aliphatic heterocycles. The summed E-state index contributed by atoms with van der Waals surface area (Å²) in [4.78, 5) is 35.0. The molecule has 2 N–H and O–H groups in total. The molecule has 0 bridgehead atoms. The Morgan fingerprint density at radius 2 is 1.70 bits per heavy atom. The van der Waals surface area contributed by atoms with E-state index in [1.54, 1.807) is 43.5 Å². The Morgan fingerprint density at radius 3 is 2.26 bits per heavy atom. The number of nitrogens with zero attached hydrogens (tertiary/aromatic N) is 1. The Kier molecular flexibility index (Phi) is 5.33. The number of halogens is 1. The van der Waals surface area contributed by atoms with Crippen molar-refractivity contribution < 1.29 is 9.59 Å². The molecule has 2 rings (SSSR count). The molecule has 7 heteroatoms. The average molecular weight is 378 g/mol. The van der Waals surface area contributed by atoms with Crippen LogP contribution in [0.4, 0.5) is 11.4 Å². The molecule has 120 valence electrons. The molecule has 0 saturated carbocycles. The van der Waals surface area contributed by atoms with Crippen molar-refractivity contribution >= 4 is 39.1 Å². The fourth-order valence-corrected chi connectivity index (χ4v) is 2.64. The maximum atomic E-state index is 12.1. The van der Waals surface area contributed by atoms with Crippen LogP contribution < -0.4 is 16.2 Å². The van der Waals surface area contributed by atoms with Crippen molar-refractivity contribution in [2.75, 3.05) is 10.6 Å². The highest BCUT2D eigenvalue weighted by atomic mass is 79.9. The SMILES string of the molecule is CC(=O)Nc1ccc(NC(=O)Cn2cc(Br)cc(C)c2=O)cc1. The van der Waals surface area contributed by atoms with E-state index in [4.69, 9.17) is 0 Å². The van der Waals surface area contributed by atoms with Crippen LogP contribution in [-0.4, -0.2) is 16.4 Å². The summed E-state index contributed by atoms with van der Waals surface area (Å²) in [5.74, 6) is -0.469. The number of benzene rings is 1. The lowest BCUT2D eigenvalue weighted by Gasteiger charge is -2.09. The second-order valence-corrected chi connectivity index (χ2v) is 6.00. The van der Waals surface area contributed by atoms with E-state index in [0.717, 1.165) is 4.47 Å². The summed E-state index contributed by atoms with van der Waals surface area (Å²) in [7, 11) is 0. The van der Waals surface area contributed by atoms with Gasteiger partial charge >= 0.3 is 0 Å². The summed E-state index contributed by atoms with van der Waals surface area (Å²) < 4.78 is 2.09. The lowest BCUT2D eigenvalue weighted by Crippen LogP contribution is -2.28. The third-order valence-electron chi connectivity index (χ3n) is 3.03. The van der Waals surface area contributed by atoms with Gasteiger partial charge in [0.2, 0.25) is 11.8 Å². The van der Waals surface area contributed by atoms with Crippen LogP contribution in [0, 0.1) is 6.92 Å². The number of nitrogens with one attached hydrogen (secondary N) is 2. The Bertz CT molecular complexity index is 797. The van der Waals surface area contributed by atoms with Crippen molar-refractivity contribution in [1.82, 2.24) is 4.57 Å². The molecule has 0 radical (unpaired) electrons. The number of hydrogen-bond acceptors (Lipinski definition) is 3. The lowest BCUT2D eigenvalue weighted by molar-refractivity contribution is -0.117. The second kappa shape index (κ2) is 7.23. The summed E-state index contributed by atoms with van der Waals surface area (Å²) in [6, 6.07) is 8.44. The van der Waals surface area contributed by atoms with Crippen LogP contribution in [0.2, 0.25) is 0 Å². The summed E-state index contributed by atoms with van der Waals surface area (Å²) in [5.41, 5.74) is 1.59. The van der Waals surface area contributed by atoms with E-state index < -0.39 is 0 Å². The third-order valence-corrected chi connectivity index (χ3v) is 3.47. The van der Waals surface area contributed by atoms with Crippen molar-refractivity contribution in [1.29, 1.82) is 0 Å². The van der Waals surface area contributed by atoms with E-state index in [2.05, 4.69) is 26.6 Å². The molecular formula is C16H16BrN3O3. The molecule has 1 aromatic heterocycles. The van der Waals surface area contributed by atoms with Crippen molar-refractivity contribution in [2.24, 2.45) is 0 Å². The van der Waals surface area contributed by atoms with Gasteiger partial charge in [-0.2, -0.15) is 0 Å². The monoisotopic (exact) mass is 377 g/mol. The first-order valence-corrected chi connectivity index (χ1v) is 7.68.